The Bertz CT molecular complexity index is 141. The van der Waals surface area contributed by atoms with Crippen molar-refractivity contribution in [1.82, 2.24) is 20.4 Å². The van der Waals surface area contributed by atoms with Gasteiger partial charge < -0.3 is 10.2 Å². The molecule has 0 aliphatic heterocycles. The van der Waals surface area contributed by atoms with Gasteiger partial charge in [-0.15, -0.1) is 0 Å². The summed E-state index contributed by atoms with van der Waals surface area (Å²) in [7, 11) is 0. The SMILES string of the molecule is Cc1nn[c-]nn1.[W]. The summed E-state index contributed by atoms with van der Waals surface area (Å²) in [6.45, 7) is 1.72. The molecule has 0 radical (unpaired) electrons. The van der Waals surface area contributed by atoms with Gasteiger partial charge in [0.25, 0.3) is 0 Å². The van der Waals surface area contributed by atoms with Gasteiger partial charge in [-0.05, 0) is 6.92 Å². The van der Waals surface area contributed by atoms with Crippen LogP contribution in [0.25, 0.3) is 0 Å². The maximum Gasteiger partial charge on any atom is 0.163 e. The number of rotatable bonds is 0. The number of hydrogen-bond donors (Lipinski definition) is 0. The van der Waals surface area contributed by atoms with Crippen molar-refractivity contribution in [3.05, 3.63) is 12.2 Å². The molecule has 5 heteroatoms. The average Bonchev–Trinajstić information content (AvgIpc) is 1.69. The normalized spacial score (nSPS) is 7.62. The second-order valence-corrected chi connectivity index (χ2v) is 1.05. The third-order valence-electron chi connectivity index (χ3n) is 0.479. The van der Waals surface area contributed by atoms with Gasteiger partial charge in [0.15, 0.2) is 5.82 Å². The van der Waals surface area contributed by atoms with E-state index < -0.39 is 0 Å². The summed E-state index contributed by atoms with van der Waals surface area (Å²) in [5.74, 6) is 0.568. The summed E-state index contributed by atoms with van der Waals surface area (Å²) < 4.78 is 0. The maximum atomic E-state index is 3.50. The van der Waals surface area contributed by atoms with E-state index in [1.165, 1.54) is 0 Å². The van der Waals surface area contributed by atoms with Gasteiger partial charge >= 0.3 is 0 Å². The van der Waals surface area contributed by atoms with Gasteiger partial charge in [0, 0.05) is 21.1 Å². The molecule has 0 fully saturated rings. The molecule has 1 aromatic heterocycles. The molecule has 0 aliphatic carbocycles. The van der Waals surface area contributed by atoms with E-state index in [-0.39, 0.29) is 21.1 Å². The van der Waals surface area contributed by atoms with E-state index in [2.05, 4.69) is 26.7 Å². The van der Waals surface area contributed by atoms with Crippen molar-refractivity contribution in [3.63, 3.8) is 0 Å². The van der Waals surface area contributed by atoms with Crippen LogP contribution in [0.1, 0.15) is 5.82 Å². The van der Waals surface area contributed by atoms with Crippen molar-refractivity contribution < 1.29 is 21.1 Å². The van der Waals surface area contributed by atoms with Crippen molar-refractivity contribution in [3.8, 4) is 0 Å². The zero-order valence-electron chi connectivity index (χ0n) is 4.20. The minimum Gasteiger partial charge on any atom is -0.349 e. The van der Waals surface area contributed by atoms with Crippen LogP contribution in [0.2, 0.25) is 0 Å². The molecule has 0 atom stereocenters. The van der Waals surface area contributed by atoms with Crippen molar-refractivity contribution in [2.45, 2.75) is 6.92 Å². The summed E-state index contributed by atoms with van der Waals surface area (Å²) >= 11 is 0. The Labute approximate surface area is 61.0 Å². The van der Waals surface area contributed by atoms with Crippen LogP contribution < -0.4 is 0 Å². The Balaban J connectivity index is 0.000000490. The summed E-state index contributed by atoms with van der Waals surface area (Å²) in [6.07, 6.45) is 2.21. The molecule has 42 valence electrons. The van der Waals surface area contributed by atoms with E-state index in [1.807, 2.05) is 0 Å². The molecule has 0 bridgehead atoms. The molecular weight excluding hydrogens is 276 g/mol. The fourth-order valence-electron chi connectivity index (χ4n) is 0.229. The van der Waals surface area contributed by atoms with E-state index >= 15 is 0 Å². The predicted molar refractivity (Wildman–Crippen MR) is 21.2 cm³/mol. The number of nitrogens with zero attached hydrogens (tertiary/aromatic N) is 4. The Hall–Kier alpha value is -0.372. The van der Waals surface area contributed by atoms with E-state index in [0.717, 1.165) is 0 Å². The summed E-state index contributed by atoms with van der Waals surface area (Å²) in [4.78, 5) is 0. The molecule has 1 aromatic rings. The molecule has 1 heterocycles. The first kappa shape index (κ1) is 7.63. The van der Waals surface area contributed by atoms with Gasteiger partial charge in [0.1, 0.15) is 0 Å². The first-order valence-corrected chi connectivity index (χ1v) is 1.79. The Kier molecular flexibility index (Phi) is 3.44. The third kappa shape index (κ3) is 2.07. The van der Waals surface area contributed by atoms with Gasteiger partial charge in [-0.1, -0.05) is 0 Å². The van der Waals surface area contributed by atoms with Crippen LogP contribution in [0.5, 0.6) is 0 Å². The summed E-state index contributed by atoms with van der Waals surface area (Å²) in [6, 6.07) is 0. The van der Waals surface area contributed by atoms with Gasteiger partial charge in [0.2, 0.25) is 0 Å². The molecule has 0 aromatic carbocycles. The Morgan fingerprint density at radius 1 is 1.25 bits per heavy atom. The summed E-state index contributed by atoms with van der Waals surface area (Å²) in [5, 5.41) is 13.7. The molecule has 0 amide bonds. The first-order chi connectivity index (χ1) is 3.39. The number of hydrogen-bond acceptors (Lipinski definition) is 4. The van der Waals surface area contributed by atoms with Gasteiger partial charge in [-0.2, -0.15) is 10.2 Å². The van der Waals surface area contributed by atoms with Crippen molar-refractivity contribution in [2.24, 2.45) is 0 Å². The second-order valence-electron chi connectivity index (χ2n) is 1.05. The zero-order valence-corrected chi connectivity index (χ0v) is 7.13. The number of aryl methyl sites for hydroxylation is 1. The smallest absolute Gasteiger partial charge is 0.163 e. The minimum atomic E-state index is 0. The molecular formula is C3H3N4W-. The molecule has 4 nitrogen and oxygen atoms in total. The fraction of sp³-hybridized carbons (Fsp3) is 0.333. The molecule has 0 saturated heterocycles. The van der Waals surface area contributed by atoms with Crippen LogP contribution in [-0.4, -0.2) is 20.4 Å². The fourth-order valence-corrected chi connectivity index (χ4v) is 0.229. The molecule has 8 heavy (non-hydrogen) atoms. The Morgan fingerprint density at radius 2 is 1.75 bits per heavy atom. The van der Waals surface area contributed by atoms with Gasteiger partial charge in [-0.3, -0.25) is 0 Å². The molecule has 0 N–H and O–H groups in total. The van der Waals surface area contributed by atoms with Crippen LogP contribution in [0, 0.1) is 13.3 Å². The second kappa shape index (κ2) is 3.61. The van der Waals surface area contributed by atoms with Crippen LogP contribution in [0.4, 0.5) is 0 Å². The monoisotopic (exact) mass is 279 g/mol. The van der Waals surface area contributed by atoms with Gasteiger partial charge in [-0.25, -0.2) is 6.33 Å². The first-order valence-electron chi connectivity index (χ1n) is 1.79. The zero-order chi connectivity index (χ0) is 5.11. The van der Waals surface area contributed by atoms with Crippen molar-refractivity contribution in [1.29, 1.82) is 0 Å². The molecule has 0 spiro atoms. The van der Waals surface area contributed by atoms with Gasteiger partial charge in [0.05, 0.1) is 0 Å². The molecule has 1 rings (SSSR count). The summed E-state index contributed by atoms with van der Waals surface area (Å²) in [5.41, 5.74) is 0. The van der Waals surface area contributed by atoms with Crippen molar-refractivity contribution in [2.75, 3.05) is 0 Å². The average molecular weight is 279 g/mol. The molecule has 0 unspecified atom stereocenters. The van der Waals surface area contributed by atoms with Crippen molar-refractivity contribution >= 4 is 0 Å². The van der Waals surface area contributed by atoms with E-state index in [9.17, 15) is 0 Å². The van der Waals surface area contributed by atoms with E-state index in [1.54, 1.807) is 6.92 Å². The quantitative estimate of drug-likeness (QED) is 0.593. The van der Waals surface area contributed by atoms with E-state index in [0.29, 0.717) is 5.82 Å². The van der Waals surface area contributed by atoms with Crippen LogP contribution in [0.15, 0.2) is 0 Å². The predicted octanol–water partition coefficient (Wildman–Crippen LogP) is -0.627. The minimum absolute atomic E-state index is 0. The van der Waals surface area contributed by atoms with Crippen LogP contribution in [-0.2, 0) is 21.1 Å². The number of aromatic nitrogens is 4. The largest absolute Gasteiger partial charge is 0.349 e. The molecule has 0 saturated carbocycles. The molecule has 0 aliphatic rings. The maximum absolute atomic E-state index is 3.50. The topological polar surface area (TPSA) is 51.6 Å². The Morgan fingerprint density at radius 3 is 2.00 bits per heavy atom. The van der Waals surface area contributed by atoms with E-state index in [4.69, 9.17) is 0 Å². The third-order valence-corrected chi connectivity index (χ3v) is 0.479. The standard InChI is InChI=1S/C3H3N4.W/c1-3-6-4-2-5-7-3;/h1H3;/q-1;. The van der Waals surface area contributed by atoms with Crippen LogP contribution >= 0.6 is 0 Å². The van der Waals surface area contributed by atoms with Crippen LogP contribution in [0.3, 0.4) is 0 Å².